The lowest BCUT2D eigenvalue weighted by Gasteiger charge is -2.22. The van der Waals surface area contributed by atoms with E-state index < -0.39 is 0 Å². The molecule has 0 bridgehead atoms. The van der Waals surface area contributed by atoms with Crippen LogP contribution >= 0.6 is 0 Å². The van der Waals surface area contributed by atoms with Crippen molar-refractivity contribution in [2.75, 3.05) is 0 Å². The van der Waals surface area contributed by atoms with Gasteiger partial charge in [0.25, 0.3) is 0 Å². The first-order chi connectivity index (χ1) is 25.2. The molecule has 2 heteroatoms. The molecule has 2 heterocycles. The number of benzene rings is 5. The lowest BCUT2D eigenvalue weighted by atomic mass is 9.84. The van der Waals surface area contributed by atoms with Gasteiger partial charge in [0.2, 0.25) is 0 Å². The van der Waals surface area contributed by atoms with E-state index in [0.717, 1.165) is 41.3 Å². The van der Waals surface area contributed by atoms with E-state index in [-0.39, 0.29) is 0 Å². The van der Waals surface area contributed by atoms with Gasteiger partial charge in [-0.3, -0.25) is 9.97 Å². The lowest BCUT2D eigenvalue weighted by Crippen LogP contribution is -2.04. The van der Waals surface area contributed by atoms with Crippen molar-refractivity contribution in [2.24, 2.45) is 0 Å². The zero-order valence-corrected chi connectivity index (χ0v) is 29.4. The first-order valence-electron chi connectivity index (χ1n) is 18.5. The molecule has 0 unspecified atom stereocenters. The number of hydrogen-bond donors (Lipinski definition) is 0. The molecule has 1 aliphatic rings. The second-order valence-corrected chi connectivity index (χ2v) is 14.1. The molecule has 2 nitrogen and oxygen atoms in total. The van der Waals surface area contributed by atoms with Crippen LogP contribution in [0.2, 0.25) is 0 Å². The third kappa shape index (κ3) is 7.61. The Morgan fingerprint density at radius 2 is 1.08 bits per heavy atom. The average Bonchev–Trinajstić information content (AvgIpc) is 3.21. The molecule has 2 aromatic heterocycles. The van der Waals surface area contributed by atoms with E-state index in [1.165, 1.54) is 87.7 Å². The molecule has 0 N–H and O–H groups in total. The quantitative estimate of drug-likeness (QED) is 0.154. The minimum absolute atomic E-state index is 0.727. The zero-order valence-electron chi connectivity index (χ0n) is 29.4. The summed E-state index contributed by atoms with van der Waals surface area (Å²) in [4.78, 5) is 9.26. The zero-order chi connectivity index (χ0) is 34.4. The molecule has 0 atom stereocenters. The number of pyridine rings is 2. The minimum atomic E-state index is 0.727. The maximum Gasteiger partial charge on any atom is 0.0708 e. The van der Waals surface area contributed by atoms with Gasteiger partial charge in [-0.15, -0.1) is 0 Å². The molecule has 0 spiro atoms. The van der Waals surface area contributed by atoms with Gasteiger partial charge in [0.05, 0.1) is 11.4 Å². The van der Waals surface area contributed by atoms with Crippen LogP contribution in [0.4, 0.5) is 0 Å². The van der Waals surface area contributed by atoms with Gasteiger partial charge in [0.1, 0.15) is 0 Å². The van der Waals surface area contributed by atoms with Crippen molar-refractivity contribution in [1.82, 2.24) is 9.97 Å². The van der Waals surface area contributed by atoms with Crippen LogP contribution in [0.3, 0.4) is 0 Å². The van der Waals surface area contributed by atoms with Gasteiger partial charge in [-0.2, -0.15) is 0 Å². The first kappa shape index (κ1) is 32.6. The molecule has 0 saturated heterocycles. The summed E-state index contributed by atoms with van der Waals surface area (Å²) >= 11 is 0. The predicted octanol–water partition coefficient (Wildman–Crippen LogP) is 13.0. The maximum absolute atomic E-state index is 4.77. The summed E-state index contributed by atoms with van der Waals surface area (Å²) in [6.07, 6.45) is 12.5. The Hall–Kier alpha value is -5.60. The van der Waals surface area contributed by atoms with Gasteiger partial charge in [0.15, 0.2) is 0 Å². The fourth-order valence-corrected chi connectivity index (χ4v) is 7.79. The van der Waals surface area contributed by atoms with Crippen molar-refractivity contribution >= 4 is 0 Å². The molecule has 0 aliphatic heterocycles. The topological polar surface area (TPSA) is 25.8 Å². The van der Waals surface area contributed by atoms with Crippen LogP contribution in [-0.4, -0.2) is 9.97 Å². The van der Waals surface area contributed by atoms with Crippen LogP contribution < -0.4 is 0 Å². The third-order valence-corrected chi connectivity index (χ3v) is 10.6. The first-order valence-corrected chi connectivity index (χ1v) is 18.5. The summed E-state index contributed by atoms with van der Waals surface area (Å²) in [5.41, 5.74) is 17.2. The Kier molecular flexibility index (Phi) is 9.66. The van der Waals surface area contributed by atoms with Gasteiger partial charge in [-0.25, -0.2) is 0 Å². The summed E-state index contributed by atoms with van der Waals surface area (Å²) in [6.45, 7) is 2.21. The minimum Gasteiger partial charge on any atom is -0.256 e. The van der Waals surface area contributed by atoms with E-state index in [2.05, 4.69) is 145 Å². The standard InChI is InChI=1S/C49H44N2/c1-35-31-37(15-14-36-16-18-42(19-17-36)48-13-7-8-29-50-48)33-45(32-35)47-12-6-5-11-46(47)41-24-26-43(27-25-41)49-34-44(28-30-51-49)40-22-20-39(21-23-40)38-9-3-2-4-10-38/h5-8,11-13,16-34,38H,2-4,9-10,14-15H2,1H3. The molecule has 1 saturated carbocycles. The normalized spacial score (nSPS) is 13.3. The van der Waals surface area contributed by atoms with Crippen LogP contribution in [0.25, 0.3) is 55.9 Å². The Labute approximate surface area is 302 Å². The summed E-state index contributed by atoms with van der Waals surface area (Å²) in [5.74, 6) is 0.727. The Morgan fingerprint density at radius 3 is 1.82 bits per heavy atom. The Balaban J connectivity index is 0.988. The Bertz CT molecular complexity index is 2210. The van der Waals surface area contributed by atoms with Gasteiger partial charge in [-0.05, 0) is 113 Å². The fourth-order valence-electron chi connectivity index (χ4n) is 7.79. The monoisotopic (exact) mass is 660 g/mol. The van der Waals surface area contributed by atoms with E-state index in [1.807, 2.05) is 24.5 Å². The van der Waals surface area contributed by atoms with Crippen LogP contribution in [0.5, 0.6) is 0 Å². The van der Waals surface area contributed by atoms with E-state index in [4.69, 9.17) is 4.98 Å². The molecule has 7 aromatic rings. The highest BCUT2D eigenvalue weighted by Crippen LogP contribution is 2.36. The predicted molar refractivity (Wildman–Crippen MR) is 214 cm³/mol. The van der Waals surface area contributed by atoms with Gasteiger partial charge in [0, 0.05) is 23.5 Å². The van der Waals surface area contributed by atoms with Gasteiger partial charge < -0.3 is 0 Å². The largest absolute Gasteiger partial charge is 0.256 e. The van der Waals surface area contributed by atoms with Crippen molar-refractivity contribution in [3.05, 3.63) is 180 Å². The number of hydrogen-bond acceptors (Lipinski definition) is 2. The summed E-state index contributed by atoms with van der Waals surface area (Å²) in [7, 11) is 0. The molecule has 1 aliphatic carbocycles. The lowest BCUT2D eigenvalue weighted by molar-refractivity contribution is 0.443. The molecule has 1 fully saturated rings. The summed E-state index contributed by atoms with van der Waals surface area (Å²) < 4.78 is 0. The molecular formula is C49H44N2. The number of nitrogens with zero attached hydrogens (tertiary/aromatic N) is 2. The highest BCUT2D eigenvalue weighted by molar-refractivity contribution is 5.85. The van der Waals surface area contributed by atoms with Crippen LogP contribution in [0.1, 0.15) is 60.3 Å². The highest BCUT2D eigenvalue weighted by atomic mass is 14.7. The van der Waals surface area contributed by atoms with Crippen molar-refractivity contribution in [2.45, 2.75) is 57.8 Å². The number of aromatic nitrogens is 2. The smallest absolute Gasteiger partial charge is 0.0708 e. The van der Waals surface area contributed by atoms with Gasteiger partial charge >= 0.3 is 0 Å². The van der Waals surface area contributed by atoms with E-state index >= 15 is 0 Å². The van der Waals surface area contributed by atoms with Crippen LogP contribution in [0, 0.1) is 6.92 Å². The molecule has 51 heavy (non-hydrogen) atoms. The Morgan fingerprint density at radius 1 is 0.451 bits per heavy atom. The second-order valence-electron chi connectivity index (χ2n) is 14.1. The van der Waals surface area contributed by atoms with Crippen LogP contribution in [0.15, 0.2) is 158 Å². The van der Waals surface area contributed by atoms with Crippen LogP contribution in [-0.2, 0) is 12.8 Å². The van der Waals surface area contributed by atoms with E-state index in [0.29, 0.717) is 0 Å². The average molecular weight is 661 g/mol. The van der Waals surface area contributed by atoms with Crippen molar-refractivity contribution in [3.8, 4) is 55.9 Å². The number of aryl methyl sites for hydroxylation is 3. The molecule has 0 radical (unpaired) electrons. The molecule has 8 rings (SSSR count). The van der Waals surface area contributed by atoms with Gasteiger partial charge in [-0.1, -0.05) is 146 Å². The van der Waals surface area contributed by atoms with E-state index in [9.17, 15) is 0 Å². The third-order valence-electron chi connectivity index (χ3n) is 10.6. The molecule has 5 aromatic carbocycles. The SMILES string of the molecule is Cc1cc(CCc2ccc(-c3ccccn3)cc2)cc(-c2ccccc2-c2ccc(-c3cc(-c4ccc(C5CCCCC5)cc4)ccn3)cc2)c1. The summed E-state index contributed by atoms with van der Waals surface area (Å²) in [5, 5.41) is 0. The number of rotatable bonds is 9. The van der Waals surface area contributed by atoms with Crippen molar-refractivity contribution in [3.63, 3.8) is 0 Å². The molecular weight excluding hydrogens is 617 g/mol. The van der Waals surface area contributed by atoms with Crippen molar-refractivity contribution in [1.29, 1.82) is 0 Å². The molecule has 0 amide bonds. The van der Waals surface area contributed by atoms with E-state index in [1.54, 1.807) is 0 Å². The van der Waals surface area contributed by atoms with Crippen molar-refractivity contribution < 1.29 is 0 Å². The highest BCUT2D eigenvalue weighted by Gasteiger charge is 2.16. The fraction of sp³-hybridized carbons (Fsp3) is 0.184. The second kappa shape index (κ2) is 15.1. The summed E-state index contributed by atoms with van der Waals surface area (Å²) in [6, 6.07) is 53.2. The molecule has 250 valence electrons. The maximum atomic E-state index is 4.77.